The van der Waals surface area contributed by atoms with E-state index in [9.17, 15) is 9.70 Å². The maximum Gasteiger partial charge on any atom is 0.195 e. The second-order valence-corrected chi connectivity index (χ2v) is 5.01. The Labute approximate surface area is 127 Å². The van der Waals surface area contributed by atoms with E-state index in [0.717, 1.165) is 15.8 Å². The topological polar surface area (TPSA) is 49.7 Å². The molecule has 0 heterocycles. The fourth-order valence-electron chi connectivity index (χ4n) is 2.48. The van der Waals surface area contributed by atoms with Crippen LogP contribution in [0.3, 0.4) is 0 Å². The van der Waals surface area contributed by atoms with Gasteiger partial charge in [0.2, 0.25) is 0 Å². The molecule has 0 saturated carbocycles. The molecule has 0 bridgehead atoms. The zero-order valence-corrected chi connectivity index (χ0v) is 12.1. The van der Waals surface area contributed by atoms with Gasteiger partial charge in [0.1, 0.15) is 0 Å². The van der Waals surface area contributed by atoms with Gasteiger partial charge in [-0.2, -0.15) is 0 Å². The number of fused-ring (bicyclic) bond motifs is 1. The van der Waals surface area contributed by atoms with Crippen LogP contribution in [-0.4, -0.2) is 12.8 Å². The minimum absolute atomic E-state index is 0.128. The first-order chi connectivity index (χ1) is 10.7. The van der Waals surface area contributed by atoms with Gasteiger partial charge < -0.3 is 0 Å². The predicted molar refractivity (Wildman–Crippen MR) is 88.0 cm³/mol. The summed E-state index contributed by atoms with van der Waals surface area (Å²) in [5.41, 5.74) is 1.54. The highest BCUT2D eigenvalue weighted by Crippen LogP contribution is 2.24. The van der Waals surface area contributed by atoms with Crippen molar-refractivity contribution in [2.24, 2.45) is 5.29 Å². The van der Waals surface area contributed by atoms with Crippen LogP contribution in [0.15, 0.2) is 72.0 Å². The number of anilines is 1. The van der Waals surface area contributed by atoms with Crippen molar-refractivity contribution in [2.75, 3.05) is 12.1 Å². The predicted octanol–water partition coefficient (Wildman–Crippen LogP) is 4.19. The van der Waals surface area contributed by atoms with Crippen molar-refractivity contribution in [1.82, 2.24) is 0 Å². The third-order valence-electron chi connectivity index (χ3n) is 3.63. The number of hydrogen-bond donors (Lipinski definition) is 0. The van der Waals surface area contributed by atoms with Crippen molar-refractivity contribution in [3.63, 3.8) is 0 Å². The number of hydrogen-bond acceptors (Lipinski definition) is 3. The first-order valence-corrected chi connectivity index (χ1v) is 6.90. The first-order valence-electron chi connectivity index (χ1n) is 6.90. The number of carbonyl (C=O) groups excluding carboxylic acids is 1. The zero-order valence-electron chi connectivity index (χ0n) is 12.1. The van der Waals surface area contributed by atoms with E-state index in [2.05, 4.69) is 5.29 Å². The molecule has 0 amide bonds. The minimum atomic E-state index is -0.128. The molecule has 0 atom stereocenters. The Bertz CT molecular complexity index is 858. The molecular weight excluding hydrogens is 276 g/mol. The van der Waals surface area contributed by atoms with Gasteiger partial charge in [-0.25, -0.2) is 5.01 Å². The molecule has 0 unspecified atom stereocenters. The van der Waals surface area contributed by atoms with Gasteiger partial charge in [-0.3, -0.25) is 4.79 Å². The fraction of sp³-hybridized carbons (Fsp3) is 0.0556. The number of para-hydroxylation sites is 1. The lowest BCUT2D eigenvalue weighted by Gasteiger charge is -2.13. The molecule has 0 saturated heterocycles. The van der Waals surface area contributed by atoms with Crippen LogP contribution in [-0.2, 0) is 0 Å². The molecule has 0 aliphatic rings. The summed E-state index contributed by atoms with van der Waals surface area (Å²) in [6, 6.07) is 20.4. The van der Waals surface area contributed by atoms with E-state index >= 15 is 0 Å². The third kappa shape index (κ3) is 2.46. The Hall–Kier alpha value is -3.01. The van der Waals surface area contributed by atoms with Crippen molar-refractivity contribution in [3.05, 3.63) is 82.8 Å². The SMILES string of the molecule is CN(N=O)c1ccccc1C(=O)c1ccc2ccccc2c1. The molecule has 0 N–H and O–H groups in total. The van der Waals surface area contributed by atoms with Crippen LogP contribution < -0.4 is 5.01 Å². The van der Waals surface area contributed by atoms with Crippen molar-refractivity contribution >= 4 is 22.2 Å². The standard InChI is InChI=1S/C18H14N2O2/c1-20(19-22)17-9-5-4-8-16(17)18(21)15-11-10-13-6-2-3-7-14(13)12-15/h2-12H,1H3. The summed E-state index contributed by atoms with van der Waals surface area (Å²) in [5, 5.41) is 6.13. The average Bonchev–Trinajstić information content (AvgIpc) is 2.60. The fourth-order valence-corrected chi connectivity index (χ4v) is 2.48. The van der Waals surface area contributed by atoms with Gasteiger partial charge in [0.25, 0.3) is 0 Å². The van der Waals surface area contributed by atoms with E-state index in [1.165, 1.54) is 7.05 Å². The molecule has 0 aromatic heterocycles. The van der Waals surface area contributed by atoms with Crippen LogP contribution in [0.4, 0.5) is 5.69 Å². The van der Waals surface area contributed by atoms with Crippen LogP contribution >= 0.6 is 0 Å². The molecule has 0 radical (unpaired) electrons. The molecule has 0 aliphatic carbocycles. The molecule has 108 valence electrons. The van der Waals surface area contributed by atoms with Crippen molar-refractivity contribution < 1.29 is 4.79 Å². The number of rotatable bonds is 4. The third-order valence-corrected chi connectivity index (χ3v) is 3.63. The summed E-state index contributed by atoms with van der Waals surface area (Å²) in [4.78, 5) is 23.5. The normalized spacial score (nSPS) is 10.4. The maximum atomic E-state index is 12.8. The minimum Gasteiger partial charge on any atom is -0.289 e. The van der Waals surface area contributed by atoms with Gasteiger partial charge in [-0.15, -0.1) is 4.91 Å². The van der Waals surface area contributed by atoms with E-state index in [0.29, 0.717) is 16.8 Å². The number of ketones is 1. The van der Waals surface area contributed by atoms with E-state index < -0.39 is 0 Å². The molecule has 22 heavy (non-hydrogen) atoms. The van der Waals surface area contributed by atoms with Gasteiger partial charge in [0.05, 0.1) is 11.0 Å². The summed E-state index contributed by atoms with van der Waals surface area (Å²) in [6.07, 6.45) is 0. The lowest BCUT2D eigenvalue weighted by atomic mass is 9.99. The second-order valence-electron chi connectivity index (χ2n) is 5.01. The van der Waals surface area contributed by atoms with Gasteiger partial charge in [0, 0.05) is 18.2 Å². The lowest BCUT2D eigenvalue weighted by Crippen LogP contribution is -2.13. The molecule has 3 rings (SSSR count). The number of nitrogens with zero attached hydrogens (tertiary/aromatic N) is 2. The molecule has 3 aromatic rings. The highest BCUT2D eigenvalue weighted by molar-refractivity contribution is 6.13. The van der Waals surface area contributed by atoms with E-state index in [1.807, 2.05) is 36.4 Å². The monoisotopic (exact) mass is 290 g/mol. The highest BCUT2D eigenvalue weighted by atomic mass is 16.3. The number of carbonyl (C=O) groups is 1. The van der Waals surface area contributed by atoms with Gasteiger partial charge in [-0.05, 0) is 29.0 Å². The Kier molecular flexibility index (Phi) is 3.66. The summed E-state index contributed by atoms with van der Waals surface area (Å²) in [7, 11) is 1.53. The molecule has 4 nitrogen and oxygen atoms in total. The molecule has 4 heteroatoms. The van der Waals surface area contributed by atoms with E-state index in [1.54, 1.807) is 30.3 Å². The zero-order chi connectivity index (χ0) is 15.5. The summed E-state index contributed by atoms with van der Waals surface area (Å²) >= 11 is 0. The molecule has 3 aromatic carbocycles. The van der Waals surface area contributed by atoms with Gasteiger partial charge in [-0.1, -0.05) is 48.5 Å². The quantitative estimate of drug-likeness (QED) is 0.411. The van der Waals surface area contributed by atoms with Crippen molar-refractivity contribution in [1.29, 1.82) is 0 Å². The average molecular weight is 290 g/mol. The lowest BCUT2D eigenvalue weighted by molar-refractivity contribution is 0.103. The van der Waals surface area contributed by atoms with Crippen molar-refractivity contribution in [2.45, 2.75) is 0 Å². The summed E-state index contributed by atoms with van der Waals surface area (Å²) in [6.45, 7) is 0. The molecule has 0 fully saturated rings. The van der Waals surface area contributed by atoms with Crippen LogP contribution in [0.2, 0.25) is 0 Å². The van der Waals surface area contributed by atoms with Gasteiger partial charge >= 0.3 is 0 Å². The first kappa shape index (κ1) is 13.9. The Morgan fingerprint density at radius 2 is 1.59 bits per heavy atom. The van der Waals surface area contributed by atoms with Gasteiger partial charge in [0.15, 0.2) is 5.78 Å². The smallest absolute Gasteiger partial charge is 0.195 e. The largest absolute Gasteiger partial charge is 0.289 e. The van der Waals surface area contributed by atoms with Crippen molar-refractivity contribution in [3.8, 4) is 0 Å². The second kappa shape index (κ2) is 5.77. The van der Waals surface area contributed by atoms with E-state index in [-0.39, 0.29) is 5.78 Å². The molecular formula is C18H14N2O2. The highest BCUT2D eigenvalue weighted by Gasteiger charge is 2.16. The molecule has 0 spiro atoms. The summed E-state index contributed by atoms with van der Waals surface area (Å²) < 4.78 is 0. The Morgan fingerprint density at radius 3 is 2.36 bits per heavy atom. The molecule has 0 aliphatic heterocycles. The van der Waals surface area contributed by atoms with Crippen LogP contribution in [0.1, 0.15) is 15.9 Å². The maximum absolute atomic E-state index is 12.8. The van der Waals surface area contributed by atoms with Crippen LogP contribution in [0.25, 0.3) is 10.8 Å². The summed E-state index contributed by atoms with van der Waals surface area (Å²) in [5.74, 6) is -0.128. The van der Waals surface area contributed by atoms with E-state index in [4.69, 9.17) is 0 Å². The van der Waals surface area contributed by atoms with Crippen LogP contribution in [0, 0.1) is 4.91 Å². The van der Waals surface area contributed by atoms with Crippen LogP contribution in [0.5, 0.6) is 0 Å². The number of nitroso groups, excluding NO2 is 1. The Morgan fingerprint density at radius 1 is 0.909 bits per heavy atom. The Balaban J connectivity index is 2.08. The number of benzene rings is 3.